The van der Waals surface area contributed by atoms with Crippen LogP contribution < -0.4 is 4.72 Å². The van der Waals surface area contributed by atoms with Crippen LogP contribution in [0.2, 0.25) is 0 Å². The van der Waals surface area contributed by atoms with Gasteiger partial charge in [-0.15, -0.1) is 11.6 Å². The van der Waals surface area contributed by atoms with Gasteiger partial charge in [-0.05, 0) is 25.0 Å². The first-order valence-electron chi connectivity index (χ1n) is 5.00. The van der Waals surface area contributed by atoms with Gasteiger partial charge in [0, 0.05) is 17.5 Å². The van der Waals surface area contributed by atoms with Gasteiger partial charge >= 0.3 is 0 Å². The highest BCUT2D eigenvalue weighted by molar-refractivity contribution is 7.89. The average Bonchev–Trinajstić information content (AvgIpc) is 2.14. The molecule has 1 fully saturated rings. The van der Waals surface area contributed by atoms with Gasteiger partial charge in [-0.2, -0.15) is 0 Å². The highest BCUT2D eigenvalue weighted by Gasteiger charge is 2.32. The van der Waals surface area contributed by atoms with Crippen molar-refractivity contribution in [1.82, 2.24) is 4.72 Å². The first-order chi connectivity index (χ1) is 7.88. The van der Waals surface area contributed by atoms with E-state index >= 15 is 0 Å². The molecule has 0 aromatic heterocycles. The van der Waals surface area contributed by atoms with Crippen molar-refractivity contribution in [2.45, 2.75) is 29.2 Å². The van der Waals surface area contributed by atoms with Crippen molar-refractivity contribution in [2.24, 2.45) is 0 Å². The molecule has 0 saturated heterocycles. The number of benzene rings is 1. The minimum absolute atomic E-state index is 0.0410. The quantitative estimate of drug-likeness (QED) is 0.862. The van der Waals surface area contributed by atoms with Crippen LogP contribution >= 0.6 is 11.6 Å². The molecule has 0 heterocycles. The third-order valence-corrected chi connectivity index (χ3v) is 4.50. The fraction of sp³-hybridized carbons (Fsp3) is 0.400. The van der Waals surface area contributed by atoms with E-state index in [0.29, 0.717) is 18.9 Å². The second-order valence-electron chi connectivity index (χ2n) is 3.96. The summed E-state index contributed by atoms with van der Waals surface area (Å²) in [4.78, 5) is -0.545. The van der Waals surface area contributed by atoms with Gasteiger partial charge in [-0.25, -0.2) is 21.9 Å². The smallest absolute Gasteiger partial charge is 0.208 e. The molecule has 0 spiro atoms. The monoisotopic (exact) mass is 281 g/mol. The second-order valence-corrected chi connectivity index (χ2v) is 6.26. The molecule has 1 aromatic rings. The number of sulfonamides is 1. The normalized spacial score (nSPS) is 24.4. The lowest BCUT2D eigenvalue weighted by Gasteiger charge is -2.31. The van der Waals surface area contributed by atoms with E-state index in [0.717, 1.165) is 12.1 Å². The van der Waals surface area contributed by atoms with Gasteiger partial charge in [0.25, 0.3) is 0 Å². The Morgan fingerprint density at radius 2 is 1.94 bits per heavy atom. The third kappa shape index (κ3) is 2.75. The zero-order valence-electron chi connectivity index (χ0n) is 8.66. The molecule has 0 aliphatic heterocycles. The lowest BCUT2D eigenvalue weighted by Crippen LogP contribution is -2.44. The van der Waals surface area contributed by atoms with Gasteiger partial charge in [-0.3, -0.25) is 0 Å². The van der Waals surface area contributed by atoms with Gasteiger partial charge in [-0.1, -0.05) is 0 Å². The standard InChI is InChI=1S/C10H10ClF2NO2S/c11-6-3-8(4-6)14-17(15,16)10-2-1-7(12)5-9(10)13/h1-2,5-6,8,14H,3-4H2. The van der Waals surface area contributed by atoms with E-state index in [1.807, 2.05) is 0 Å². The lowest BCUT2D eigenvalue weighted by atomic mass is 9.94. The topological polar surface area (TPSA) is 46.2 Å². The molecule has 2 rings (SSSR count). The Morgan fingerprint density at radius 1 is 1.29 bits per heavy atom. The Morgan fingerprint density at radius 3 is 2.47 bits per heavy atom. The molecule has 0 radical (unpaired) electrons. The summed E-state index contributed by atoms with van der Waals surface area (Å²) in [7, 11) is -3.94. The van der Waals surface area contributed by atoms with Gasteiger partial charge in [0.2, 0.25) is 10.0 Å². The molecule has 1 saturated carbocycles. The summed E-state index contributed by atoms with van der Waals surface area (Å²) in [6.07, 6.45) is 1.03. The van der Waals surface area contributed by atoms with E-state index in [4.69, 9.17) is 11.6 Å². The van der Waals surface area contributed by atoms with Crippen molar-refractivity contribution in [2.75, 3.05) is 0 Å². The molecule has 0 amide bonds. The second kappa shape index (κ2) is 4.51. The van der Waals surface area contributed by atoms with Crippen LogP contribution in [0.5, 0.6) is 0 Å². The van der Waals surface area contributed by atoms with Gasteiger partial charge in [0.15, 0.2) is 0 Å². The molecule has 7 heteroatoms. The average molecular weight is 282 g/mol. The molecular formula is C10H10ClF2NO2S. The fourth-order valence-electron chi connectivity index (χ4n) is 1.62. The summed E-state index contributed by atoms with van der Waals surface area (Å²) < 4.78 is 51.8. The molecule has 1 aromatic carbocycles. The van der Waals surface area contributed by atoms with Crippen molar-refractivity contribution in [3.8, 4) is 0 Å². The summed E-state index contributed by atoms with van der Waals surface area (Å²) in [5, 5.41) is -0.0410. The number of alkyl halides is 1. The van der Waals surface area contributed by atoms with Gasteiger partial charge in [0.05, 0.1) is 0 Å². The van der Waals surface area contributed by atoms with Crippen LogP contribution in [-0.2, 0) is 10.0 Å². The predicted octanol–water partition coefficient (Wildman–Crippen LogP) is 2.01. The Labute approximate surface area is 103 Å². The highest BCUT2D eigenvalue weighted by Crippen LogP contribution is 2.27. The highest BCUT2D eigenvalue weighted by atomic mass is 35.5. The molecular weight excluding hydrogens is 272 g/mol. The fourth-order valence-corrected chi connectivity index (χ4v) is 3.37. The largest absolute Gasteiger partial charge is 0.243 e. The van der Waals surface area contributed by atoms with Crippen LogP contribution in [0.3, 0.4) is 0 Å². The molecule has 17 heavy (non-hydrogen) atoms. The third-order valence-electron chi connectivity index (χ3n) is 2.59. The summed E-state index contributed by atoms with van der Waals surface area (Å²) in [6.45, 7) is 0. The van der Waals surface area contributed by atoms with E-state index in [9.17, 15) is 17.2 Å². The van der Waals surface area contributed by atoms with Crippen molar-refractivity contribution in [3.05, 3.63) is 29.8 Å². The minimum atomic E-state index is -3.94. The molecule has 3 nitrogen and oxygen atoms in total. The van der Waals surface area contributed by atoms with Gasteiger partial charge in [0.1, 0.15) is 16.5 Å². The summed E-state index contributed by atoms with van der Waals surface area (Å²) in [5.74, 6) is -1.91. The molecule has 0 bridgehead atoms. The SMILES string of the molecule is O=S(=O)(NC1CC(Cl)C1)c1ccc(F)cc1F. The van der Waals surface area contributed by atoms with Crippen molar-refractivity contribution < 1.29 is 17.2 Å². The van der Waals surface area contributed by atoms with Crippen molar-refractivity contribution >= 4 is 21.6 Å². The maximum Gasteiger partial charge on any atom is 0.243 e. The predicted molar refractivity (Wildman–Crippen MR) is 59.3 cm³/mol. The molecule has 1 aliphatic rings. The number of hydrogen-bond acceptors (Lipinski definition) is 2. The summed E-state index contributed by atoms with van der Waals surface area (Å²) >= 11 is 5.71. The first-order valence-corrected chi connectivity index (χ1v) is 6.92. The van der Waals surface area contributed by atoms with E-state index in [1.165, 1.54) is 0 Å². The Balaban J connectivity index is 2.20. The molecule has 0 unspecified atom stereocenters. The maximum absolute atomic E-state index is 13.3. The minimum Gasteiger partial charge on any atom is -0.208 e. The summed E-state index contributed by atoms with van der Waals surface area (Å²) in [5.41, 5.74) is 0. The van der Waals surface area contributed by atoms with E-state index in [2.05, 4.69) is 4.72 Å². The first kappa shape index (κ1) is 12.7. The summed E-state index contributed by atoms with van der Waals surface area (Å²) in [6, 6.07) is 2.08. The van der Waals surface area contributed by atoms with Gasteiger partial charge < -0.3 is 0 Å². The Bertz CT molecular complexity index is 529. The molecule has 1 aliphatic carbocycles. The Hall–Kier alpha value is -0.720. The van der Waals surface area contributed by atoms with Crippen LogP contribution in [-0.4, -0.2) is 19.8 Å². The van der Waals surface area contributed by atoms with E-state index in [1.54, 1.807) is 0 Å². The zero-order valence-corrected chi connectivity index (χ0v) is 10.2. The van der Waals surface area contributed by atoms with Crippen LogP contribution in [0.4, 0.5) is 8.78 Å². The Kier molecular flexibility index (Phi) is 3.38. The number of nitrogens with one attached hydrogen (secondary N) is 1. The van der Waals surface area contributed by atoms with E-state index in [-0.39, 0.29) is 11.4 Å². The van der Waals surface area contributed by atoms with Crippen LogP contribution in [0, 0.1) is 11.6 Å². The number of rotatable bonds is 3. The molecule has 1 N–H and O–H groups in total. The van der Waals surface area contributed by atoms with Crippen LogP contribution in [0.25, 0.3) is 0 Å². The van der Waals surface area contributed by atoms with Crippen molar-refractivity contribution in [1.29, 1.82) is 0 Å². The lowest BCUT2D eigenvalue weighted by molar-refractivity contribution is 0.390. The molecule has 94 valence electrons. The zero-order chi connectivity index (χ0) is 12.6. The van der Waals surface area contributed by atoms with Crippen LogP contribution in [0.15, 0.2) is 23.1 Å². The number of halogens is 3. The molecule has 0 atom stereocenters. The van der Waals surface area contributed by atoms with E-state index < -0.39 is 26.6 Å². The van der Waals surface area contributed by atoms with Crippen molar-refractivity contribution in [3.63, 3.8) is 0 Å². The number of hydrogen-bond donors (Lipinski definition) is 1. The maximum atomic E-state index is 13.3. The van der Waals surface area contributed by atoms with Crippen LogP contribution in [0.1, 0.15) is 12.8 Å².